The second kappa shape index (κ2) is 10.5. The highest BCUT2D eigenvalue weighted by Crippen LogP contribution is 2.17. The number of sulfonamides is 1. The molecule has 0 fully saturated rings. The molecule has 0 aliphatic rings. The molecule has 32 heavy (non-hydrogen) atoms. The van der Waals surface area contributed by atoms with Gasteiger partial charge in [-0.25, -0.2) is 13.2 Å². The third-order valence-corrected chi connectivity index (χ3v) is 5.83. The van der Waals surface area contributed by atoms with E-state index in [4.69, 9.17) is 9.47 Å². The third kappa shape index (κ3) is 6.08. The lowest BCUT2D eigenvalue weighted by atomic mass is 10.2. The van der Waals surface area contributed by atoms with Crippen LogP contribution in [0.15, 0.2) is 83.8 Å². The number of carbonyl (C=O) groups excluding carboxylic acids is 2. The lowest BCUT2D eigenvalue weighted by Gasteiger charge is -2.10. The monoisotopic (exact) mass is 454 g/mol. The highest BCUT2D eigenvalue weighted by molar-refractivity contribution is 7.92. The Balaban J connectivity index is 1.52. The molecule has 0 spiro atoms. The van der Waals surface area contributed by atoms with Crippen molar-refractivity contribution in [1.29, 1.82) is 0 Å². The summed E-state index contributed by atoms with van der Waals surface area (Å²) >= 11 is 0. The second-order valence-electron chi connectivity index (χ2n) is 6.66. The van der Waals surface area contributed by atoms with E-state index in [1.54, 1.807) is 36.4 Å². The normalized spacial score (nSPS) is 10.8. The number of anilines is 1. The quantitative estimate of drug-likeness (QED) is 0.481. The Bertz CT molecular complexity index is 1180. The molecule has 3 aromatic rings. The molecular formula is C23H22N2O6S. The number of hydrogen-bond donors (Lipinski definition) is 2. The summed E-state index contributed by atoms with van der Waals surface area (Å²) in [4.78, 5) is 24.2. The van der Waals surface area contributed by atoms with Crippen molar-refractivity contribution in [2.45, 2.75) is 11.4 Å². The van der Waals surface area contributed by atoms with E-state index in [2.05, 4.69) is 10.0 Å². The first-order valence-corrected chi connectivity index (χ1v) is 11.1. The number of benzene rings is 3. The number of esters is 1. The first-order valence-electron chi connectivity index (χ1n) is 9.63. The van der Waals surface area contributed by atoms with Crippen molar-refractivity contribution >= 4 is 27.6 Å². The Morgan fingerprint density at radius 1 is 0.875 bits per heavy atom. The van der Waals surface area contributed by atoms with Gasteiger partial charge in [-0.3, -0.25) is 9.52 Å². The van der Waals surface area contributed by atoms with Crippen molar-refractivity contribution in [3.8, 4) is 5.75 Å². The number of rotatable bonds is 9. The molecule has 0 aliphatic heterocycles. The number of ether oxygens (including phenoxy) is 2. The van der Waals surface area contributed by atoms with Crippen LogP contribution >= 0.6 is 0 Å². The van der Waals surface area contributed by atoms with E-state index >= 15 is 0 Å². The SMILES string of the molecule is COc1ccccc1CNC(=O)COC(=O)c1ccc(S(=O)(=O)Nc2ccccc2)cc1. The summed E-state index contributed by atoms with van der Waals surface area (Å²) in [5.41, 5.74) is 1.34. The molecular weight excluding hydrogens is 432 g/mol. The number of para-hydroxylation sites is 2. The van der Waals surface area contributed by atoms with Crippen molar-refractivity contribution in [2.75, 3.05) is 18.4 Å². The molecule has 0 saturated carbocycles. The molecule has 9 heteroatoms. The predicted octanol–water partition coefficient (Wildman–Crippen LogP) is 2.97. The van der Waals surface area contributed by atoms with E-state index in [0.717, 1.165) is 5.56 Å². The Kier molecular flexibility index (Phi) is 7.45. The van der Waals surface area contributed by atoms with Crippen LogP contribution in [0.5, 0.6) is 5.75 Å². The first-order chi connectivity index (χ1) is 15.4. The Morgan fingerprint density at radius 2 is 1.53 bits per heavy atom. The Morgan fingerprint density at radius 3 is 2.22 bits per heavy atom. The van der Waals surface area contributed by atoms with Crippen molar-refractivity contribution in [1.82, 2.24) is 5.32 Å². The minimum atomic E-state index is -3.80. The fourth-order valence-corrected chi connectivity index (χ4v) is 3.86. The molecule has 0 unspecified atom stereocenters. The first kappa shape index (κ1) is 22.8. The molecule has 8 nitrogen and oxygen atoms in total. The zero-order valence-electron chi connectivity index (χ0n) is 17.3. The van der Waals surface area contributed by atoms with Gasteiger partial charge in [0.25, 0.3) is 15.9 Å². The van der Waals surface area contributed by atoms with E-state index in [0.29, 0.717) is 11.4 Å². The van der Waals surface area contributed by atoms with Gasteiger partial charge in [0.1, 0.15) is 5.75 Å². The van der Waals surface area contributed by atoms with E-state index in [1.165, 1.54) is 31.4 Å². The maximum Gasteiger partial charge on any atom is 0.338 e. The molecule has 166 valence electrons. The molecule has 0 aliphatic carbocycles. The van der Waals surface area contributed by atoms with E-state index in [9.17, 15) is 18.0 Å². The van der Waals surface area contributed by atoms with Gasteiger partial charge in [-0.15, -0.1) is 0 Å². The molecule has 3 aromatic carbocycles. The topological polar surface area (TPSA) is 111 Å². The van der Waals surface area contributed by atoms with Gasteiger partial charge in [-0.1, -0.05) is 36.4 Å². The van der Waals surface area contributed by atoms with Crippen LogP contribution in [0.4, 0.5) is 5.69 Å². The van der Waals surface area contributed by atoms with Gasteiger partial charge in [0.15, 0.2) is 6.61 Å². The smallest absolute Gasteiger partial charge is 0.338 e. The summed E-state index contributed by atoms with van der Waals surface area (Å²) in [5, 5.41) is 2.65. The van der Waals surface area contributed by atoms with Crippen molar-refractivity contribution < 1.29 is 27.5 Å². The van der Waals surface area contributed by atoms with Crippen LogP contribution in [0.25, 0.3) is 0 Å². The zero-order chi connectivity index (χ0) is 23.0. The molecule has 2 N–H and O–H groups in total. The average molecular weight is 455 g/mol. The van der Waals surface area contributed by atoms with Gasteiger partial charge in [0, 0.05) is 17.8 Å². The number of methoxy groups -OCH3 is 1. The van der Waals surface area contributed by atoms with Gasteiger partial charge in [0.2, 0.25) is 0 Å². The van der Waals surface area contributed by atoms with Crippen LogP contribution in [0.3, 0.4) is 0 Å². The molecule has 1 amide bonds. The fourth-order valence-electron chi connectivity index (χ4n) is 2.80. The molecule has 0 heterocycles. The summed E-state index contributed by atoms with van der Waals surface area (Å²) < 4.78 is 37.6. The molecule has 0 saturated heterocycles. The van der Waals surface area contributed by atoms with Crippen LogP contribution in [0.1, 0.15) is 15.9 Å². The minimum absolute atomic E-state index is 0.00699. The third-order valence-electron chi connectivity index (χ3n) is 4.43. The maximum absolute atomic E-state index is 12.4. The van der Waals surface area contributed by atoms with Gasteiger partial charge in [0.05, 0.1) is 17.6 Å². The largest absolute Gasteiger partial charge is 0.496 e. The molecule has 0 atom stereocenters. The summed E-state index contributed by atoms with van der Waals surface area (Å²) in [6.45, 7) is -0.245. The highest BCUT2D eigenvalue weighted by atomic mass is 32.2. The van der Waals surface area contributed by atoms with Crippen molar-refractivity contribution in [2.24, 2.45) is 0 Å². The van der Waals surface area contributed by atoms with Crippen LogP contribution in [0, 0.1) is 0 Å². The lowest BCUT2D eigenvalue weighted by molar-refractivity contribution is -0.124. The average Bonchev–Trinajstić information content (AvgIpc) is 2.81. The Hall–Kier alpha value is -3.85. The van der Waals surface area contributed by atoms with E-state index < -0.39 is 28.5 Å². The van der Waals surface area contributed by atoms with Crippen molar-refractivity contribution in [3.05, 3.63) is 90.0 Å². The van der Waals surface area contributed by atoms with Gasteiger partial charge in [-0.2, -0.15) is 0 Å². The zero-order valence-corrected chi connectivity index (χ0v) is 18.1. The van der Waals surface area contributed by atoms with Crippen LogP contribution < -0.4 is 14.8 Å². The molecule has 0 radical (unpaired) electrons. The van der Waals surface area contributed by atoms with Crippen LogP contribution in [-0.2, 0) is 26.1 Å². The van der Waals surface area contributed by atoms with Gasteiger partial charge >= 0.3 is 5.97 Å². The number of nitrogens with one attached hydrogen (secondary N) is 2. The molecule has 0 aromatic heterocycles. The van der Waals surface area contributed by atoms with Gasteiger partial charge in [-0.05, 0) is 42.5 Å². The van der Waals surface area contributed by atoms with Crippen LogP contribution in [-0.4, -0.2) is 34.0 Å². The second-order valence-corrected chi connectivity index (χ2v) is 8.34. The van der Waals surface area contributed by atoms with Gasteiger partial charge < -0.3 is 14.8 Å². The number of hydrogen-bond acceptors (Lipinski definition) is 6. The standard InChI is InChI=1S/C23H22N2O6S/c1-30-21-10-6-5-7-18(21)15-24-22(26)16-31-23(27)17-11-13-20(14-12-17)32(28,29)25-19-8-3-2-4-9-19/h2-14,25H,15-16H2,1H3,(H,24,26). The summed E-state index contributed by atoms with van der Waals surface area (Å²) in [6.07, 6.45) is 0. The number of amides is 1. The summed E-state index contributed by atoms with van der Waals surface area (Å²) in [5.74, 6) is -0.575. The highest BCUT2D eigenvalue weighted by Gasteiger charge is 2.16. The number of carbonyl (C=O) groups is 2. The maximum atomic E-state index is 12.4. The van der Waals surface area contributed by atoms with E-state index in [1.807, 2.05) is 18.2 Å². The minimum Gasteiger partial charge on any atom is -0.496 e. The van der Waals surface area contributed by atoms with Crippen LogP contribution in [0.2, 0.25) is 0 Å². The van der Waals surface area contributed by atoms with Crippen molar-refractivity contribution in [3.63, 3.8) is 0 Å². The summed E-state index contributed by atoms with van der Waals surface area (Å²) in [6, 6.07) is 20.9. The summed E-state index contributed by atoms with van der Waals surface area (Å²) in [7, 11) is -2.26. The molecule has 0 bridgehead atoms. The molecule has 3 rings (SSSR count). The predicted molar refractivity (Wildman–Crippen MR) is 119 cm³/mol. The van der Waals surface area contributed by atoms with E-state index in [-0.39, 0.29) is 17.0 Å². The fraction of sp³-hybridized carbons (Fsp3) is 0.130. The lowest BCUT2D eigenvalue weighted by Crippen LogP contribution is -2.28. The Labute approximate surface area is 186 Å².